The Morgan fingerprint density at radius 3 is 2.71 bits per heavy atom. The summed E-state index contributed by atoms with van der Waals surface area (Å²) >= 11 is 0. The molecule has 5 heteroatoms. The number of nitrogens with one attached hydrogen (secondary N) is 1. The van der Waals surface area contributed by atoms with Gasteiger partial charge in [-0.05, 0) is 24.0 Å². The number of aromatic nitrogens is 1. The van der Waals surface area contributed by atoms with Gasteiger partial charge in [0.15, 0.2) is 0 Å². The topological polar surface area (TPSA) is 82.5 Å². The summed E-state index contributed by atoms with van der Waals surface area (Å²) in [7, 11) is 0. The standard InChI is InChI=1S/C16H20N2O3/c1-16(2,7-8-19)10-17-14-9-12(15(20)21)11-5-3-4-6-13(11)18-14/h3-6,9,19H,7-8,10H2,1-2H3,(H,17,18)(H,20,21). The minimum absolute atomic E-state index is 0.0918. The van der Waals surface area contributed by atoms with Gasteiger partial charge in [0.1, 0.15) is 5.82 Å². The highest BCUT2D eigenvalue weighted by atomic mass is 16.4. The highest BCUT2D eigenvalue weighted by molar-refractivity contribution is 6.03. The van der Waals surface area contributed by atoms with Crippen molar-refractivity contribution in [2.75, 3.05) is 18.5 Å². The molecule has 2 rings (SSSR count). The molecule has 0 radical (unpaired) electrons. The van der Waals surface area contributed by atoms with Gasteiger partial charge in [-0.3, -0.25) is 0 Å². The Hall–Kier alpha value is -2.14. The van der Waals surface area contributed by atoms with E-state index in [2.05, 4.69) is 10.3 Å². The van der Waals surface area contributed by atoms with Crippen molar-refractivity contribution in [3.05, 3.63) is 35.9 Å². The van der Waals surface area contributed by atoms with Crippen LogP contribution in [0.3, 0.4) is 0 Å². The van der Waals surface area contributed by atoms with E-state index in [1.54, 1.807) is 24.3 Å². The average Bonchev–Trinajstić information content (AvgIpc) is 2.44. The lowest BCUT2D eigenvalue weighted by Gasteiger charge is -2.24. The summed E-state index contributed by atoms with van der Waals surface area (Å²) in [6.07, 6.45) is 0.666. The maximum absolute atomic E-state index is 11.4. The molecule has 0 amide bonds. The van der Waals surface area contributed by atoms with E-state index in [1.807, 2.05) is 19.9 Å². The first-order chi connectivity index (χ1) is 9.93. The number of aromatic carboxylic acids is 1. The van der Waals surface area contributed by atoms with Crippen molar-refractivity contribution in [2.24, 2.45) is 5.41 Å². The number of rotatable bonds is 6. The first-order valence-electron chi connectivity index (χ1n) is 6.91. The third-order valence-electron chi connectivity index (χ3n) is 3.48. The number of aliphatic hydroxyl groups is 1. The fourth-order valence-electron chi connectivity index (χ4n) is 2.16. The molecule has 1 aromatic heterocycles. The van der Waals surface area contributed by atoms with Crippen LogP contribution in [0.5, 0.6) is 0 Å². The Morgan fingerprint density at radius 2 is 2.05 bits per heavy atom. The van der Waals surface area contributed by atoms with Crippen LogP contribution in [-0.2, 0) is 0 Å². The van der Waals surface area contributed by atoms with Crippen LogP contribution in [0.15, 0.2) is 30.3 Å². The third-order valence-corrected chi connectivity index (χ3v) is 3.48. The first kappa shape index (κ1) is 15.3. The van der Waals surface area contributed by atoms with E-state index >= 15 is 0 Å². The molecule has 2 aromatic rings. The van der Waals surface area contributed by atoms with Crippen molar-refractivity contribution in [3.63, 3.8) is 0 Å². The van der Waals surface area contributed by atoms with Crippen LogP contribution in [-0.4, -0.2) is 34.3 Å². The maximum Gasteiger partial charge on any atom is 0.336 e. The number of benzene rings is 1. The second-order valence-corrected chi connectivity index (χ2v) is 5.87. The van der Waals surface area contributed by atoms with Crippen LogP contribution in [0.4, 0.5) is 5.82 Å². The number of aliphatic hydroxyl groups excluding tert-OH is 1. The summed E-state index contributed by atoms with van der Waals surface area (Å²) in [5.74, 6) is -0.427. The molecule has 0 unspecified atom stereocenters. The fourth-order valence-corrected chi connectivity index (χ4v) is 2.16. The molecule has 0 saturated carbocycles. The molecule has 0 aliphatic rings. The predicted molar refractivity (Wildman–Crippen MR) is 82.7 cm³/mol. The molecular weight excluding hydrogens is 268 g/mol. The molecule has 0 bridgehead atoms. The number of carbonyl (C=O) groups is 1. The van der Waals surface area contributed by atoms with E-state index in [4.69, 9.17) is 5.11 Å². The first-order valence-corrected chi connectivity index (χ1v) is 6.91. The smallest absolute Gasteiger partial charge is 0.336 e. The molecule has 0 fully saturated rings. The Balaban J connectivity index is 2.31. The van der Waals surface area contributed by atoms with Crippen molar-refractivity contribution < 1.29 is 15.0 Å². The Labute approximate surface area is 123 Å². The van der Waals surface area contributed by atoms with Gasteiger partial charge in [0.25, 0.3) is 0 Å². The van der Waals surface area contributed by atoms with Gasteiger partial charge < -0.3 is 15.5 Å². The maximum atomic E-state index is 11.4. The van der Waals surface area contributed by atoms with E-state index in [9.17, 15) is 9.90 Å². The lowest BCUT2D eigenvalue weighted by atomic mass is 9.90. The summed E-state index contributed by atoms with van der Waals surface area (Å²) in [5.41, 5.74) is 0.800. The molecular formula is C16H20N2O3. The average molecular weight is 288 g/mol. The second kappa shape index (κ2) is 6.10. The highest BCUT2D eigenvalue weighted by Gasteiger charge is 2.18. The number of carboxylic acid groups (broad SMARTS) is 1. The van der Waals surface area contributed by atoms with Crippen LogP contribution in [0.1, 0.15) is 30.6 Å². The monoisotopic (exact) mass is 288 g/mol. The largest absolute Gasteiger partial charge is 0.478 e. The molecule has 3 N–H and O–H groups in total. The van der Waals surface area contributed by atoms with Crippen LogP contribution in [0, 0.1) is 5.41 Å². The van der Waals surface area contributed by atoms with Crippen molar-refractivity contribution >= 4 is 22.7 Å². The Bertz CT molecular complexity index is 653. The number of hydrogen-bond acceptors (Lipinski definition) is 4. The number of carboxylic acids is 1. The van der Waals surface area contributed by atoms with Crippen molar-refractivity contribution in [1.82, 2.24) is 4.98 Å². The number of anilines is 1. The van der Waals surface area contributed by atoms with Gasteiger partial charge in [-0.15, -0.1) is 0 Å². The second-order valence-electron chi connectivity index (χ2n) is 5.87. The molecule has 0 aliphatic carbocycles. The number of hydrogen-bond donors (Lipinski definition) is 3. The van der Waals surface area contributed by atoms with Gasteiger partial charge in [0, 0.05) is 18.5 Å². The van der Waals surface area contributed by atoms with Gasteiger partial charge >= 0.3 is 5.97 Å². The van der Waals surface area contributed by atoms with E-state index in [1.165, 1.54) is 0 Å². The minimum atomic E-state index is -0.966. The van der Waals surface area contributed by atoms with Gasteiger partial charge in [-0.1, -0.05) is 32.0 Å². The molecule has 0 spiro atoms. The zero-order chi connectivity index (χ0) is 15.5. The normalized spacial score (nSPS) is 11.6. The van der Waals surface area contributed by atoms with Crippen LogP contribution in [0.2, 0.25) is 0 Å². The SMILES string of the molecule is CC(C)(CCO)CNc1cc(C(=O)O)c2ccccc2n1. The minimum Gasteiger partial charge on any atom is -0.478 e. The predicted octanol–water partition coefficient (Wildman–Crippen LogP) is 2.75. The van der Waals surface area contributed by atoms with Crippen molar-refractivity contribution in [2.45, 2.75) is 20.3 Å². The number of pyridine rings is 1. The van der Waals surface area contributed by atoms with E-state index in [0.717, 1.165) is 0 Å². The van der Waals surface area contributed by atoms with Crippen LogP contribution >= 0.6 is 0 Å². The fraction of sp³-hybridized carbons (Fsp3) is 0.375. The van der Waals surface area contributed by atoms with E-state index < -0.39 is 5.97 Å². The number of fused-ring (bicyclic) bond motifs is 1. The lowest BCUT2D eigenvalue weighted by Crippen LogP contribution is -2.24. The molecule has 1 heterocycles. The quantitative estimate of drug-likeness (QED) is 0.761. The molecule has 21 heavy (non-hydrogen) atoms. The Kier molecular flexibility index (Phi) is 4.43. The van der Waals surface area contributed by atoms with E-state index in [-0.39, 0.29) is 17.6 Å². The summed E-state index contributed by atoms with van der Waals surface area (Å²) in [6, 6.07) is 8.74. The summed E-state index contributed by atoms with van der Waals surface area (Å²) < 4.78 is 0. The molecule has 1 aromatic carbocycles. The summed E-state index contributed by atoms with van der Waals surface area (Å²) in [4.78, 5) is 15.8. The van der Waals surface area contributed by atoms with Crippen LogP contribution < -0.4 is 5.32 Å². The van der Waals surface area contributed by atoms with Gasteiger partial charge in [-0.2, -0.15) is 0 Å². The highest BCUT2D eigenvalue weighted by Crippen LogP contribution is 2.23. The third kappa shape index (κ3) is 3.70. The van der Waals surface area contributed by atoms with Crippen LogP contribution in [0.25, 0.3) is 10.9 Å². The van der Waals surface area contributed by atoms with E-state index in [0.29, 0.717) is 29.7 Å². The Morgan fingerprint density at radius 1 is 1.33 bits per heavy atom. The zero-order valence-corrected chi connectivity index (χ0v) is 12.3. The lowest BCUT2D eigenvalue weighted by molar-refractivity contribution is 0.0699. The molecule has 112 valence electrons. The van der Waals surface area contributed by atoms with Gasteiger partial charge in [0.05, 0.1) is 11.1 Å². The molecule has 0 saturated heterocycles. The summed E-state index contributed by atoms with van der Waals surface area (Å²) in [5, 5.41) is 22.2. The molecule has 0 atom stereocenters. The van der Waals surface area contributed by atoms with Crippen molar-refractivity contribution in [3.8, 4) is 0 Å². The summed E-state index contributed by atoms with van der Waals surface area (Å²) in [6.45, 7) is 4.81. The van der Waals surface area contributed by atoms with Gasteiger partial charge in [-0.25, -0.2) is 9.78 Å². The molecule has 0 aliphatic heterocycles. The zero-order valence-electron chi connectivity index (χ0n) is 12.3. The number of para-hydroxylation sites is 1. The number of nitrogens with zero attached hydrogens (tertiary/aromatic N) is 1. The molecule has 5 nitrogen and oxygen atoms in total. The van der Waals surface area contributed by atoms with Crippen molar-refractivity contribution in [1.29, 1.82) is 0 Å². The van der Waals surface area contributed by atoms with Gasteiger partial charge in [0.2, 0.25) is 0 Å².